The third-order valence-electron chi connectivity index (χ3n) is 5.75. The lowest BCUT2D eigenvalue weighted by atomic mass is 9.93. The Morgan fingerprint density at radius 1 is 0.800 bits per heavy atom. The molecule has 3 nitrogen and oxygen atoms in total. The summed E-state index contributed by atoms with van der Waals surface area (Å²) in [5, 5.41) is 0. The zero-order chi connectivity index (χ0) is 21.5. The minimum atomic E-state index is -0.140. The summed E-state index contributed by atoms with van der Waals surface area (Å²) in [6, 6.07) is 28.9. The van der Waals surface area contributed by atoms with Crippen molar-refractivity contribution in [3.8, 4) is 0 Å². The molecule has 0 saturated heterocycles. The molecule has 156 valence electrons. The molecule has 0 spiro atoms. The van der Waals surface area contributed by atoms with Crippen LogP contribution < -0.4 is 4.90 Å². The van der Waals surface area contributed by atoms with Crippen molar-refractivity contribution in [3.63, 3.8) is 0 Å². The lowest BCUT2D eigenvalue weighted by Crippen LogP contribution is -2.36. The Morgan fingerprint density at radius 3 is 1.83 bits per heavy atom. The molecule has 0 aromatic heterocycles. The highest BCUT2D eigenvalue weighted by atomic mass is 16.2. The van der Waals surface area contributed by atoms with E-state index in [9.17, 15) is 4.79 Å². The van der Waals surface area contributed by atoms with E-state index >= 15 is 0 Å². The molecule has 0 aliphatic carbocycles. The highest BCUT2D eigenvalue weighted by Crippen LogP contribution is 2.30. The van der Waals surface area contributed by atoms with Crippen molar-refractivity contribution in [2.75, 3.05) is 19.0 Å². The maximum absolute atomic E-state index is 13.8. The first-order valence-corrected chi connectivity index (χ1v) is 10.7. The number of anilines is 1. The summed E-state index contributed by atoms with van der Waals surface area (Å²) in [6.07, 6.45) is 0.778. The smallest absolute Gasteiger partial charge is 0.230 e. The van der Waals surface area contributed by atoms with E-state index in [1.165, 1.54) is 0 Å². The number of rotatable bonds is 8. The van der Waals surface area contributed by atoms with Gasteiger partial charge in [-0.1, -0.05) is 79.7 Å². The zero-order valence-corrected chi connectivity index (χ0v) is 18.5. The molecule has 2 unspecified atom stereocenters. The minimum absolute atomic E-state index is 0.00927. The number of hydrogen-bond acceptors (Lipinski definition) is 2. The molecule has 0 radical (unpaired) electrons. The number of hydrogen-bond donors (Lipinski definition) is 0. The van der Waals surface area contributed by atoms with Crippen molar-refractivity contribution >= 4 is 11.6 Å². The maximum atomic E-state index is 13.8. The Kier molecular flexibility index (Phi) is 7.29. The van der Waals surface area contributed by atoms with E-state index in [2.05, 4.69) is 67.3 Å². The molecule has 0 aliphatic heterocycles. The Labute approximate surface area is 181 Å². The SMILES string of the molecule is CCC(C(=O)N(Cc1ccc(N(C)C)cc1)C(C)c1ccccc1)c1ccccc1. The van der Waals surface area contributed by atoms with Gasteiger partial charge in [-0.25, -0.2) is 0 Å². The molecule has 0 fully saturated rings. The van der Waals surface area contributed by atoms with Gasteiger partial charge in [-0.2, -0.15) is 0 Å². The summed E-state index contributed by atoms with van der Waals surface area (Å²) in [6.45, 7) is 4.80. The van der Waals surface area contributed by atoms with Gasteiger partial charge in [-0.3, -0.25) is 4.79 Å². The van der Waals surface area contributed by atoms with E-state index in [0.29, 0.717) is 6.54 Å². The van der Waals surface area contributed by atoms with Crippen LogP contribution >= 0.6 is 0 Å². The van der Waals surface area contributed by atoms with Gasteiger partial charge in [0.15, 0.2) is 0 Å². The molecule has 3 rings (SSSR count). The van der Waals surface area contributed by atoms with Crippen molar-refractivity contribution < 1.29 is 4.79 Å². The summed E-state index contributed by atoms with van der Waals surface area (Å²) in [7, 11) is 4.07. The van der Waals surface area contributed by atoms with Crippen LogP contribution in [0.1, 0.15) is 48.9 Å². The summed E-state index contributed by atoms with van der Waals surface area (Å²) < 4.78 is 0. The van der Waals surface area contributed by atoms with E-state index in [4.69, 9.17) is 0 Å². The van der Waals surface area contributed by atoms with Crippen molar-refractivity contribution in [2.45, 2.75) is 38.8 Å². The number of carbonyl (C=O) groups excluding carboxylic acids is 1. The van der Waals surface area contributed by atoms with Crippen LogP contribution in [0.25, 0.3) is 0 Å². The second-order valence-electron chi connectivity index (χ2n) is 7.99. The first-order chi connectivity index (χ1) is 14.5. The second kappa shape index (κ2) is 10.1. The molecule has 3 aromatic rings. The normalized spacial score (nSPS) is 12.8. The van der Waals surface area contributed by atoms with Crippen molar-refractivity contribution in [2.24, 2.45) is 0 Å². The quantitative estimate of drug-likeness (QED) is 0.460. The molecule has 0 aliphatic rings. The highest BCUT2D eigenvalue weighted by Gasteiger charge is 2.28. The van der Waals surface area contributed by atoms with Gasteiger partial charge in [0.2, 0.25) is 5.91 Å². The minimum Gasteiger partial charge on any atom is -0.378 e. The summed E-state index contributed by atoms with van der Waals surface area (Å²) in [5.41, 5.74) is 4.53. The molecule has 0 saturated carbocycles. The number of amides is 1. The van der Waals surface area contributed by atoms with Crippen LogP contribution in [0.15, 0.2) is 84.9 Å². The third-order valence-corrected chi connectivity index (χ3v) is 5.75. The molecule has 30 heavy (non-hydrogen) atoms. The van der Waals surface area contributed by atoms with E-state index in [1.807, 2.05) is 55.4 Å². The first kappa shape index (κ1) is 21.6. The largest absolute Gasteiger partial charge is 0.378 e. The number of carbonyl (C=O) groups is 1. The van der Waals surface area contributed by atoms with Gasteiger partial charge < -0.3 is 9.80 Å². The van der Waals surface area contributed by atoms with E-state index < -0.39 is 0 Å². The van der Waals surface area contributed by atoms with Crippen LogP contribution in [-0.2, 0) is 11.3 Å². The van der Waals surface area contributed by atoms with Crippen LogP contribution in [0.2, 0.25) is 0 Å². The van der Waals surface area contributed by atoms with Gasteiger partial charge in [0.05, 0.1) is 12.0 Å². The van der Waals surface area contributed by atoms with Crippen LogP contribution in [0.4, 0.5) is 5.69 Å². The average molecular weight is 401 g/mol. The molecule has 3 aromatic carbocycles. The molecule has 0 heterocycles. The lowest BCUT2D eigenvalue weighted by molar-refractivity contribution is -0.135. The summed E-state index contributed by atoms with van der Waals surface area (Å²) >= 11 is 0. The van der Waals surface area contributed by atoms with E-state index in [0.717, 1.165) is 28.8 Å². The van der Waals surface area contributed by atoms with Gasteiger partial charge in [-0.05, 0) is 42.2 Å². The Balaban J connectivity index is 1.93. The zero-order valence-electron chi connectivity index (χ0n) is 18.5. The number of nitrogens with zero attached hydrogens (tertiary/aromatic N) is 2. The highest BCUT2D eigenvalue weighted by molar-refractivity contribution is 5.84. The number of benzene rings is 3. The third kappa shape index (κ3) is 5.10. The van der Waals surface area contributed by atoms with Crippen molar-refractivity contribution in [3.05, 3.63) is 102 Å². The van der Waals surface area contributed by atoms with Gasteiger partial charge >= 0.3 is 0 Å². The first-order valence-electron chi connectivity index (χ1n) is 10.7. The predicted octanol–water partition coefficient (Wildman–Crippen LogP) is 6.04. The van der Waals surface area contributed by atoms with Gasteiger partial charge in [0.1, 0.15) is 0 Å². The summed E-state index contributed by atoms with van der Waals surface area (Å²) in [4.78, 5) is 17.9. The predicted molar refractivity (Wildman–Crippen MR) is 126 cm³/mol. The van der Waals surface area contributed by atoms with Crippen LogP contribution in [-0.4, -0.2) is 24.9 Å². The molecule has 2 atom stereocenters. The average Bonchev–Trinajstić information content (AvgIpc) is 2.79. The van der Waals surface area contributed by atoms with E-state index in [1.54, 1.807) is 0 Å². The fraction of sp³-hybridized carbons (Fsp3) is 0.296. The van der Waals surface area contributed by atoms with Gasteiger partial charge in [0, 0.05) is 26.3 Å². The van der Waals surface area contributed by atoms with Crippen molar-refractivity contribution in [1.29, 1.82) is 0 Å². The van der Waals surface area contributed by atoms with Gasteiger partial charge in [0.25, 0.3) is 0 Å². The summed E-state index contributed by atoms with van der Waals surface area (Å²) in [5.74, 6) is 0.0372. The second-order valence-corrected chi connectivity index (χ2v) is 7.99. The fourth-order valence-electron chi connectivity index (χ4n) is 3.85. The molecular formula is C27H32N2O. The Bertz CT molecular complexity index is 920. The maximum Gasteiger partial charge on any atom is 0.230 e. The molecule has 3 heteroatoms. The fourth-order valence-corrected chi connectivity index (χ4v) is 3.85. The molecule has 1 amide bonds. The topological polar surface area (TPSA) is 23.6 Å². The Morgan fingerprint density at radius 2 is 1.33 bits per heavy atom. The van der Waals surface area contributed by atoms with Crippen LogP contribution in [0.5, 0.6) is 0 Å². The van der Waals surface area contributed by atoms with Crippen molar-refractivity contribution in [1.82, 2.24) is 4.90 Å². The molecule has 0 N–H and O–H groups in total. The van der Waals surface area contributed by atoms with Gasteiger partial charge in [-0.15, -0.1) is 0 Å². The lowest BCUT2D eigenvalue weighted by Gasteiger charge is -2.33. The molecule has 0 bridgehead atoms. The standard InChI is InChI=1S/C27H32N2O/c1-5-26(24-14-10-7-11-15-24)27(30)29(21(2)23-12-8-6-9-13-23)20-22-16-18-25(19-17-22)28(3)4/h6-19,21,26H,5,20H2,1-4H3. The van der Waals surface area contributed by atoms with E-state index in [-0.39, 0.29) is 17.9 Å². The van der Waals surface area contributed by atoms with Crippen LogP contribution in [0.3, 0.4) is 0 Å². The monoisotopic (exact) mass is 400 g/mol. The van der Waals surface area contributed by atoms with Crippen LogP contribution in [0, 0.1) is 0 Å². The Hall–Kier alpha value is -3.07. The molecular weight excluding hydrogens is 368 g/mol.